The summed E-state index contributed by atoms with van der Waals surface area (Å²) >= 11 is 6.05. The lowest BCUT2D eigenvalue weighted by Gasteiger charge is -2.32. The fraction of sp³-hybridized carbons (Fsp3) is 0.333. The molecule has 3 aromatic carbocycles. The number of hydrogen-bond donors (Lipinski definition) is 1. The Kier molecular flexibility index (Phi) is 10.2. The monoisotopic (exact) mass is 569 g/mol. The number of benzene rings is 3. The van der Waals surface area contributed by atoms with Crippen molar-refractivity contribution in [2.45, 2.75) is 52.1 Å². The first-order valence-electron chi connectivity index (χ1n) is 12.9. The van der Waals surface area contributed by atoms with E-state index in [2.05, 4.69) is 5.32 Å². The van der Waals surface area contributed by atoms with Crippen molar-refractivity contribution in [3.8, 4) is 0 Å². The van der Waals surface area contributed by atoms with Gasteiger partial charge in [-0.25, -0.2) is 8.42 Å². The van der Waals surface area contributed by atoms with Gasteiger partial charge in [0.25, 0.3) is 10.0 Å². The van der Waals surface area contributed by atoms with Crippen molar-refractivity contribution in [2.75, 3.05) is 17.4 Å². The number of hydrogen-bond acceptors (Lipinski definition) is 4. The van der Waals surface area contributed by atoms with Crippen LogP contribution in [-0.4, -0.2) is 44.3 Å². The highest BCUT2D eigenvalue weighted by Gasteiger charge is 2.33. The Morgan fingerprint density at radius 3 is 2.15 bits per heavy atom. The van der Waals surface area contributed by atoms with Crippen molar-refractivity contribution in [1.29, 1.82) is 0 Å². The van der Waals surface area contributed by atoms with Crippen LogP contribution in [0.15, 0.2) is 77.7 Å². The van der Waals surface area contributed by atoms with Gasteiger partial charge < -0.3 is 10.2 Å². The lowest BCUT2D eigenvalue weighted by atomic mass is 10.1. The molecular weight excluding hydrogens is 534 g/mol. The van der Waals surface area contributed by atoms with E-state index in [1.165, 1.54) is 17.0 Å². The SMILES string of the molecule is Cc1cccc(N(CC(=O)N(Cc2ccc(Cl)cc2)C(C)C(=O)NCC(C)C)S(=O)(=O)c2ccccc2)c1C. The fourth-order valence-electron chi connectivity index (χ4n) is 4.06. The average molecular weight is 570 g/mol. The predicted octanol–water partition coefficient (Wildman–Crippen LogP) is 5.34. The summed E-state index contributed by atoms with van der Waals surface area (Å²) in [6.45, 7) is 9.43. The second kappa shape index (κ2) is 13.1. The zero-order valence-corrected chi connectivity index (χ0v) is 24.6. The van der Waals surface area contributed by atoms with Crippen molar-refractivity contribution < 1.29 is 18.0 Å². The van der Waals surface area contributed by atoms with E-state index in [-0.39, 0.29) is 23.3 Å². The number of rotatable bonds is 11. The molecule has 208 valence electrons. The summed E-state index contributed by atoms with van der Waals surface area (Å²) < 4.78 is 28.9. The Morgan fingerprint density at radius 1 is 0.897 bits per heavy atom. The maximum absolute atomic E-state index is 14.0. The van der Waals surface area contributed by atoms with Crippen molar-refractivity contribution in [2.24, 2.45) is 5.92 Å². The van der Waals surface area contributed by atoms with Gasteiger partial charge in [-0.15, -0.1) is 0 Å². The predicted molar refractivity (Wildman–Crippen MR) is 156 cm³/mol. The highest BCUT2D eigenvalue weighted by atomic mass is 35.5. The van der Waals surface area contributed by atoms with Crippen molar-refractivity contribution in [3.05, 3.63) is 94.5 Å². The molecule has 0 aliphatic heterocycles. The molecule has 7 nitrogen and oxygen atoms in total. The maximum atomic E-state index is 14.0. The van der Waals surface area contributed by atoms with Gasteiger partial charge in [0, 0.05) is 18.1 Å². The second-order valence-electron chi connectivity index (χ2n) is 10.0. The summed E-state index contributed by atoms with van der Waals surface area (Å²) in [5, 5.41) is 3.43. The van der Waals surface area contributed by atoms with E-state index in [9.17, 15) is 18.0 Å². The van der Waals surface area contributed by atoms with Crippen LogP contribution in [0.1, 0.15) is 37.5 Å². The second-order valence-corrected chi connectivity index (χ2v) is 12.3. The molecule has 0 saturated heterocycles. The fourth-order valence-corrected chi connectivity index (χ4v) is 5.68. The highest BCUT2D eigenvalue weighted by Crippen LogP contribution is 2.29. The van der Waals surface area contributed by atoms with Crippen LogP contribution < -0.4 is 9.62 Å². The number of halogens is 1. The molecule has 1 N–H and O–H groups in total. The van der Waals surface area contributed by atoms with Crippen molar-refractivity contribution in [3.63, 3.8) is 0 Å². The first-order chi connectivity index (χ1) is 18.4. The summed E-state index contributed by atoms with van der Waals surface area (Å²) in [5.41, 5.74) is 2.82. The molecule has 0 spiro atoms. The Labute approximate surface area is 236 Å². The molecule has 3 rings (SSSR count). The molecule has 9 heteroatoms. The number of aryl methyl sites for hydroxylation is 1. The van der Waals surface area contributed by atoms with Gasteiger partial charge >= 0.3 is 0 Å². The highest BCUT2D eigenvalue weighted by molar-refractivity contribution is 7.92. The van der Waals surface area contributed by atoms with Crippen LogP contribution in [0.5, 0.6) is 0 Å². The van der Waals surface area contributed by atoms with E-state index in [0.29, 0.717) is 17.3 Å². The molecule has 0 saturated carbocycles. The van der Waals surface area contributed by atoms with Gasteiger partial charge in [-0.05, 0) is 73.7 Å². The molecule has 0 aromatic heterocycles. The van der Waals surface area contributed by atoms with Crippen LogP contribution >= 0.6 is 11.6 Å². The van der Waals surface area contributed by atoms with Gasteiger partial charge in [0.1, 0.15) is 12.6 Å². The quantitative estimate of drug-likeness (QED) is 0.338. The van der Waals surface area contributed by atoms with E-state index in [1.807, 2.05) is 33.8 Å². The molecule has 0 aliphatic rings. The number of amides is 2. The Bertz CT molecular complexity index is 1390. The minimum absolute atomic E-state index is 0.0747. The van der Waals surface area contributed by atoms with Crippen LogP contribution in [0.4, 0.5) is 5.69 Å². The normalized spacial score (nSPS) is 12.2. The van der Waals surface area contributed by atoms with Crippen LogP contribution in [0.3, 0.4) is 0 Å². The van der Waals surface area contributed by atoms with E-state index in [0.717, 1.165) is 21.0 Å². The van der Waals surface area contributed by atoms with Gasteiger partial charge in [-0.2, -0.15) is 0 Å². The molecule has 0 radical (unpaired) electrons. The Morgan fingerprint density at radius 2 is 1.54 bits per heavy atom. The van der Waals surface area contributed by atoms with E-state index >= 15 is 0 Å². The van der Waals surface area contributed by atoms with E-state index in [4.69, 9.17) is 11.6 Å². The zero-order valence-electron chi connectivity index (χ0n) is 23.0. The van der Waals surface area contributed by atoms with Crippen LogP contribution in [0.2, 0.25) is 5.02 Å². The summed E-state index contributed by atoms with van der Waals surface area (Å²) in [6, 6.07) is 19.5. The molecule has 0 bridgehead atoms. The zero-order chi connectivity index (χ0) is 28.7. The van der Waals surface area contributed by atoms with Gasteiger partial charge in [-0.3, -0.25) is 13.9 Å². The molecule has 2 amide bonds. The largest absolute Gasteiger partial charge is 0.354 e. The summed E-state index contributed by atoms with van der Waals surface area (Å²) in [7, 11) is -4.10. The summed E-state index contributed by atoms with van der Waals surface area (Å²) in [5.74, 6) is -0.579. The molecule has 3 aromatic rings. The lowest BCUT2D eigenvalue weighted by molar-refractivity contribution is -0.139. The maximum Gasteiger partial charge on any atom is 0.264 e. The number of sulfonamides is 1. The third kappa shape index (κ3) is 7.61. The van der Waals surface area contributed by atoms with Crippen molar-refractivity contribution in [1.82, 2.24) is 10.2 Å². The van der Waals surface area contributed by atoms with Gasteiger partial charge in [0.05, 0.1) is 10.6 Å². The number of carbonyl (C=O) groups is 2. The van der Waals surface area contributed by atoms with Gasteiger partial charge in [-0.1, -0.05) is 67.9 Å². The van der Waals surface area contributed by atoms with Gasteiger partial charge in [0.2, 0.25) is 11.8 Å². The third-order valence-corrected chi connectivity index (χ3v) is 8.60. The Balaban J connectivity index is 2.04. The number of nitrogens with one attached hydrogen (secondary N) is 1. The van der Waals surface area contributed by atoms with Gasteiger partial charge in [0.15, 0.2) is 0 Å². The minimum Gasteiger partial charge on any atom is -0.354 e. The molecule has 1 atom stereocenters. The topological polar surface area (TPSA) is 86.8 Å². The number of nitrogens with zero attached hydrogens (tertiary/aromatic N) is 2. The van der Waals surface area contributed by atoms with Crippen molar-refractivity contribution >= 4 is 39.1 Å². The minimum atomic E-state index is -4.10. The van der Waals surface area contributed by atoms with E-state index in [1.54, 1.807) is 61.5 Å². The van der Waals surface area contributed by atoms with E-state index < -0.39 is 28.5 Å². The third-order valence-electron chi connectivity index (χ3n) is 6.57. The van der Waals surface area contributed by atoms with Crippen LogP contribution in [0.25, 0.3) is 0 Å². The van der Waals surface area contributed by atoms with Crippen LogP contribution in [0, 0.1) is 19.8 Å². The number of anilines is 1. The standard InChI is InChI=1S/C30H36ClN3O4S/c1-21(2)18-32-30(36)24(5)33(19-25-14-16-26(31)17-15-25)29(35)20-34(28-13-9-10-22(3)23(28)4)39(37,38)27-11-7-6-8-12-27/h6-17,21,24H,18-20H2,1-5H3,(H,32,36). The summed E-state index contributed by atoms with van der Waals surface area (Å²) in [6.07, 6.45) is 0. The molecule has 0 aliphatic carbocycles. The molecule has 39 heavy (non-hydrogen) atoms. The summed E-state index contributed by atoms with van der Waals surface area (Å²) in [4.78, 5) is 28.5. The average Bonchev–Trinajstić information content (AvgIpc) is 2.91. The molecule has 0 fully saturated rings. The first kappa shape index (κ1) is 30.2. The first-order valence-corrected chi connectivity index (χ1v) is 14.7. The smallest absolute Gasteiger partial charge is 0.264 e. The molecular formula is C30H36ClN3O4S. The lowest BCUT2D eigenvalue weighted by Crippen LogP contribution is -2.51. The number of carbonyl (C=O) groups excluding carboxylic acids is 2. The molecule has 1 unspecified atom stereocenters. The molecule has 0 heterocycles. The Hall–Kier alpha value is -3.36. The van der Waals surface area contributed by atoms with Crippen LogP contribution in [-0.2, 0) is 26.2 Å².